The summed E-state index contributed by atoms with van der Waals surface area (Å²) in [5, 5.41) is 2.72. The van der Waals surface area contributed by atoms with Crippen LogP contribution in [0.5, 0.6) is 5.75 Å². The van der Waals surface area contributed by atoms with Crippen LogP contribution in [-0.2, 0) is 17.9 Å². The van der Waals surface area contributed by atoms with Gasteiger partial charge in [-0.1, -0.05) is 42.5 Å². The van der Waals surface area contributed by atoms with Gasteiger partial charge in [-0.2, -0.15) is 0 Å². The van der Waals surface area contributed by atoms with Crippen molar-refractivity contribution in [3.63, 3.8) is 0 Å². The van der Waals surface area contributed by atoms with Crippen LogP contribution in [0.1, 0.15) is 18.1 Å². The number of rotatable bonds is 6. The second-order valence-electron chi connectivity index (χ2n) is 4.49. The molecule has 4 heteroatoms. The summed E-state index contributed by atoms with van der Waals surface area (Å²) in [5.74, 6) is 0.827. The number of hydrogen-bond donors (Lipinski definition) is 1. The first-order valence-electron chi connectivity index (χ1n) is 6.94. The number of alkyl carbamates (subject to hydrolysis) is 1. The fourth-order valence-electron chi connectivity index (χ4n) is 1.82. The second-order valence-corrected chi connectivity index (χ2v) is 4.49. The van der Waals surface area contributed by atoms with Gasteiger partial charge in [-0.05, 0) is 30.2 Å². The van der Waals surface area contributed by atoms with Gasteiger partial charge in [0.2, 0.25) is 0 Å². The van der Waals surface area contributed by atoms with Gasteiger partial charge in [-0.25, -0.2) is 4.79 Å². The van der Waals surface area contributed by atoms with Crippen molar-refractivity contribution in [2.24, 2.45) is 0 Å². The lowest BCUT2D eigenvalue weighted by Crippen LogP contribution is -2.23. The lowest BCUT2D eigenvalue weighted by Gasteiger charge is -2.08. The smallest absolute Gasteiger partial charge is 0.407 e. The molecule has 0 fully saturated rings. The van der Waals surface area contributed by atoms with Crippen LogP contribution in [0.3, 0.4) is 0 Å². The van der Waals surface area contributed by atoms with E-state index in [9.17, 15) is 4.79 Å². The molecule has 0 atom stereocenters. The van der Waals surface area contributed by atoms with Crippen molar-refractivity contribution in [3.05, 3.63) is 65.7 Å². The molecule has 0 saturated heterocycles. The zero-order chi connectivity index (χ0) is 14.9. The lowest BCUT2D eigenvalue weighted by molar-refractivity contribution is 0.139. The lowest BCUT2D eigenvalue weighted by atomic mass is 10.2. The SMILES string of the molecule is CCOc1ccc(CNC(=O)OCc2ccccc2)cc1. The molecule has 2 rings (SSSR count). The van der Waals surface area contributed by atoms with Crippen molar-refractivity contribution in [3.8, 4) is 5.75 Å². The molecule has 1 amide bonds. The van der Waals surface area contributed by atoms with E-state index in [1.165, 1.54) is 0 Å². The summed E-state index contributed by atoms with van der Waals surface area (Å²) in [4.78, 5) is 11.6. The molecule has 0 spiro atoms. The van der Waals surface area contributed by atoms with Crippen LogP contribution in [0.15, 0.2) is 54.6 Å². The van der Waals surface area contributed by atoms with Crippen LogP contribution in [0, 0.1) is 0 Å². The molecule has 2 aromatic carbocycles. The second kappa shape index (κ2) is 7.94. The van der Waals surface area contributed by atoms with E-state index >= 15 is 0 Å². The maximum absolute atomic E-state index is 11.6. The Labute approximate surface area is 124 Å². The highest BCUT2D eigenvalue weighted by Gasteiger charge is 2.03. The number of ether oxygens (including phenoxy) is 2. The normalized spacial score (nSPS) is 9.95. The summed E-state index contributed by atoms with van der Waals surface area (Å²) in [7, 11) is 0. The molecule has 2 aromatic rings. The van der Waals surface area contributed by atoms with Crippen molar-refractivity contribution in [2.45, 2.75) is 20.1 Å². The standard InChI is InChI=1S/C17H19NO3/c1-2-20-16-10-8-14(9-11-16)12-18-17(19)21-13-15-6-4-3-5-7-15/h3-11H,2,12-13H2,1H3,(H,18,19). The fraction of sp³-hybridized carbons (Fsp3) is 0.235. The van der Waals surface area contributed by atoms with Crippen LogP contribution < -0.4 is 10.1 Å². The largest absolute Gasteiger partial charge is 0.494 e. The van der Waals surface area contributed by atoms with E-state index in [0.717, 1.165) is 16.9 Å². The summed E-state index contributed by atoms with van der Waals surface area (Å²) in [6, 6.07) is 17.2. The molecule has 1 N–H and O–H groups in total. The van der Waals surface area contributed by atoms with Crippen molar-refractivity contribution in [2.75, 3.05) is 6.61 Å². The topological polar surface area (TPSA) is 47.6 Å². The Morgan fingerprint density at radius 3 is 2.38 bits per heavy atom. The zero-order valence-corrected chi connectivity index (χ0v) is 12.0. The molecule has 0 aliphatic rings. The van der Waals surface area contributed by atoms with Gasteiger partial charge in [-0.3, -0.25) is 0 Å². The number of benzene rings is 2. The van der Waals surface area contributed by atoms with Gasteiger partial charge in [0.25, 0.3) is 0 Å². The van der Waals surface area contributed by atoms with Crippen LogP contribution in [0.2, 0.25) is 0 Å². The van der Waals surface area contributed by atoms with Crippen LogP contribution in [0.25, 0.3) is 0 Å². The average molecular weight is 285 g/mol. The van der Waals surface area contributed by atoms with E-state index in [1.54, 1.807) is 0 Å². The number of carbonyl (C=O) groups excluding carboxylic acids is 1. The molecular formula is C17H19NO3. The molecule has 0 radical (unpaired) electrons. The Kier molecular flexibility index (Phi) is 5.64. The van der Waals surface area contributed by atoms with E-state index in [-0.39, 0.29) is 6.61 Å². The first-order chi connectivity index (χ1) is 10.3. The van der Waals surface area contributed by atoms with Gasteiger partial charge >= 0.3 is 6.09 Å². The molecule has 0 unspecified atom stereocenters. The minimum Gasteiger partial charge on any atom is -0.494 e. The maximum atomic E-state index is 11.6. The summed E-state index contributed by atoms with van der Waals surface area (Å²) < 4.78 is 10.5. The van der Waals surface area contributed by atoms with Gasteiger partial charge in [0.05, 0.1) is 6.61 Å². The number of carbonyl (C=O) groups is 1. The molecule has 0 aliphatic carbocycles. The third-order valence-electron chi connectivity index (χ3n) is 2.88. The highest BCUT2D eigenvalue weighted by atomic mass is 16.5. The first kappa shape index (κ1) is 14.9. The summed E-state index contributed by atoms with van der Waals surface area (Å²) in [6.45, 7) is 3.29. The summed E-state index contributed by atoms with van der Waals surface area (Å²) >= 11 is 0. The van der Waals surface area contributed by atoms with Crippen LogP contribution >= 0.6 is 0 Å². The predicted octanol–water partition coefficient (Wildman–Crippen LogP) is 3.51. The van der Waals surface area contributed by atoms with Crippen molar-refractivity contribution in [1.29, 1.82) is 0 Å². The van der Waals surface area contributed by atoms with Crippen molar-refractivity contribution >= 4 is 6.09 Å². The van der Waals surface area contributed by atoms with Gasteiger partial charge < -0.3 is 14.8 Å². The maximum Gasteiger partial charge on any atom is 0.407 e. The van der Waals surface area contributed by atoms with E-state index in [1.807, 2.05) is 61.5 Å². The van der Waals surface area contributed by atoms with E-state index in [2.05, 4.69) is 5.32 Å². The molecule has 110 valence electrons. The third kappa shape index (κ3) is 5.18. The molecule has 0 aromatic heterocycles. The molecular weight excluding hydrogens is 266 g/mol. The number of nitrogens with one attached hydrogen (secondary N) is 1. The minimum absolute atomic E-state index is 0.274. The molecule has 0 bridgehead atoms. The highest BCUT2D eigenvalue weighted by molar-refractivity contribution is 5.67. The predicted molar refractivity (Wildman–Crippen MR) is 81.1 cm³/mol. The van der Waals surface area contributed by atoms with E-state index < -0.39 is 6.09 Å². The third-order valence-corrected chi connectivity index (χ3v) is 2.88. The molecule has 21 heavy (non-hydrogen) atoms. The minimum atomic E-state index is -0.423. The van der Waals surface area contributed by atoms with Crippen molar-refractivity contribution in [1.82, 2.24) is 5.32 Å². The highest BCUT2D eigenvalue weighted by Crippen LogP contribution is 2.11. The van der Waals surface area contributed by atoms with Gasteiger partial charge in [0.1, 0.15) is 12.4 Å². The Balaban J connectivity index is 1.73. The Morgan fingerprint density at radius 2 is 1.71 bits per heavy atom. The molecule has 0 saturated carbocycles. The van der Waals surface area contributed by atoms with Crippen LogP contribution in [-0.4, -0.2) is 12.7 Å². The van der Waals surface area contributed by atoms with E-state index in [4.69, 9.17) is 9.47 Å². The van der Waals surface area contributed by atoms with Gasteiger partial charge in [-0.15, -0.1) is 0 Å². The number of amides is 1. The quantitative estimate of drug-likeness (QED) is 0.883. The molecule has 0 heterocycles. The molecule has 0 aliphatic heterocycles. The zero-order valence-electron chi connectivity index (χ0n) is 12.0. The monoisotopic (exact) mass is 285 g/mol. The Bertz CT molecular complexity index is 552. The van der Waals surface area contributed by atoms with Gasteiger partial charge in [0.15, 0.2) is 0 Å². The average Bonchev–Trinajstić information content (AvgIpc) is 2.53. The number of hydrogen-bond acceptors (Lipinski definition) is 3. The summed E-state index contributed by atoms with van der Waals surface area (Å²) in [5.41, 5.74) is 1.96. The molecule has 4 nitrogen and oxygen atoms in total. The van der Waals surface area contributed by atoms with Gasteiger partial charge in [0, 0.05) is 6.54 Å². The summed E-state index contributed by atoms with van der Waals surface area (Å²) in [6.07, 6.45) is -0.423. The van der Waals surface area contributed by atoms with Crippen LogP contribution in [0.4, 0.5) is 4.79 Å². The Morgan fingerprint density at radius 1 is 1.00 bits per heavy atom. The Hall–Kier alpha value is -2.49. The van der Waals surface area contributed by atoms with Crippen molar-refractivity contribution < 1.29 is 14.3 Å². The first-order valence-corrected chi connectivity index (χ1v) is 6.94. The van der Waals surface area contributed by atoms with E-state index in [0.29, 0.717) is 13.2 Å². The fourth-order valence-corrected chi connectivity index (χ4v) is 1.82.